The third-order valence-electron chi connectivity index (χ3n) is 4.67. The number of nitrogens with one attached hydrogen (secondary N) is 2. The summed E-state index contributed by atoms with van der Waals surface area (Å²) in [4.78, 5) is 27.7. The molecule has 0 aromatic rings. The minimum Gasteiger partial charge on any atom is -0.450 e. The predicted molar refractivity (Wildman–Crippen MR) is 98.7 cm³/mol. The topological polar surface area (TPSA) is 107 Å². The van der Waals surface area contributed by atoms with Crippen LogP contribution < -0.4 is 10.6 Å². The second kappa shape index (κ2) is 11.4. The van der Waals surface area contributed by atoms with Crippen LogP contribution in [0.15, 0.2) is 11.8 Å². The van der Waals surface area contributed by atoms with Crippen molar-refractivity contribution in [2.75, 3.05) is 59.1 Å². The highest BCUT2D eigenvalue weighted by Gasteiger charge is 2.23. The first-order valence-electron chi connectivity index (χ1n) is 9.50. The lowest BCUT2D eigenvalue weighted by atomic mass is 10.1. The zero-order valence-electron chi connectivity index (χ0n) is 15.9. The van der Waals surface area contributed by atoms with Gasteiger partial charge in [0.05, 0.1) is 19.8 Å². The van der Waals surface area contributed by atoms with Crippen LogP contribution in [0.25, 0.3) is 0 Å². The van der Waals surface area contributed by atoms with Crippen molar-refractivity contribution in [2.45, 2.75) is 25.8 Å². The lowest BCUT2D eigenvalue weighted by Crippen LogP contribution is -2.44. The first kappa shape index (κ1) is 21.0. The predicted octanol–water partition coefficient (Wildman–Crippen LogP) is 0.0528. The number of morpholine rings is 1. The minimum absolute atomic E-state index is 0.0600. The van der Waals surface area contributed by atoms with Gasteiger partial charge in [-0.1, -0.05) is 0 Å². The SMILES string of the molecule is CCOC(=O)N1CCC(N/C=C(/C#N)C(=O)NCCN2CCOCC2)CC1. The van der Waals surface area contributed by atoms with Crippen molar-refractivity contribution in [1.29, 1.82) is 5.26 Å². The number of hydrogen-bond acceptors (Lipinski definition) is 7. The Morgan fingerprint density at radius 3 is 2.59 bits per heavy atom. The number of nitrogens with zero attached hydrogens (tertiary/aromatic N) is 3. The molecule has 150 valence electrons. The fraction of sp³-hybridized carbons (Fsp3) is 0.722. The maximum atomic E-state index is 12.1. The molecule has 2 saturated heterocycles. The Morgan fingerprint density at radius 1 is 1.26 bits per heavy atom. The number of carbonyl (C=O) groups is 2. The van der Waals surface area contributed by atoms with Gasteiger partial charge in [-0.2, -0.15) is 5.26 Å². The van der Waals surface area contributed by atoms with Crippen LogP contribution in [0.3, 0.4) is 0 Å². The minimum atomic E-state index is -0.373. The maximum Gasteiger partial charge on any atom is 0.409 e. The molecule has 2 amide bonds. The van der Waals surface area contributed by atoms with E-state index in [9.17, 15) is 14.9 Å². The Morgan fingerprint density at radius 2 is 1.96 bits per heavy atom. The molecule has 2 heterocycles. The Balaban J connectivity index is 1.70. The molecule has 2 fully saturated rings. The van der Waals surface area contributed by atoms with E-state index in [1.165, 1.54) is 6.20 Å². The molecule has 0 atom stereocenters. The number of likely N-dealkylation sites (tertiary alicyclic amines) is 1. The van der Waals surface area contributed by atoms with Crippen molar-refractivity contribution in [2.24, 2.45) is 0 Å². The molecule has 2 rings (SSSR count). The number of ether oxygens (including phenoxy) is 2. The van der Waals surface area contributed by atoms with Gasteiger partial charge in [0.2, 0.25) is 0 Å². The van der Waals surface area contributed by atoms with E-state index in [-0.39, 0.29) is 23.6 Å². The molecule has 0 unspecified atom stereocenters. The number of carbonyl (C=O) groups excluding carboxylic acids is 2. The van der Waals surface area contributed by atoms with Gasteiger partial charge in [-0.25, -0.2) is 4.79 Å². The molecule has 27 heavy (non-hydrogen) atoms. The zero-order chi connectivity index (χ0) is 19.5. The Kier molecular flexibility index (Phi) is 8.87. The van der Waals surface area contributed by atoms with Crippen LogP contribution in [0.5, 0.6) is 0 Å². The van der Waals surface area contributed by atoms with Crippen molar-refractivity contribution in [1.82, 2.24) is 20.4 Å². The van der Waals surface area contributed by atoms with Crippen LogP contribution in [0, 0.1) is 11.3 Å². The molecule has 2 N–H and O–H groups in total. The van der Waals surface area contributed by atoms with E-state index >= 15 is 0 Å². The molecule has 0 radical (unpaired) electrons. The van der Waals surface area contributed by atoms with E-state index in [1.807, 2.05) is 6.07 Å². The summed E-state index contributed by atoms with van der Waals surface area (Å²) in [6.07, 6.45) is 2.68. The number of rotatable bonds is 7. The Hall–Kier alpha value is -2.31. The summed E-state index contributed by atoms with van der Waals surface area (Å²) in [5.74, 6) is -0.373. The van der Waals surface area contributed by atoms with Crippen LogP contribution in [0.2, 0.25) is 0 Å². The van der Waals surface area contributed by atoms with Gasteiger partial charge >= 0.3 is 6.09 Å². The lowest BCUT2D eigenvalue weighted by Gasteiger charge is -2.31. The molecular weight excluding hydrogens is 350 g/mol. The molecule has 0 aliphatic carbocycles. The average Bonchev–Trinajstić information content (AvgIpc) is 2.70. The van der Waals surface area contributed by atoms with Gasteiger partial charge in [-0.05, 0) is 19.8 Å². The standard InChI is InChI=1S/C18H29N5O4/c1-2-27-18(25)23-6-3-16(4-7-23)21-14-15(13-19)17(24)20-5-8-22-9-11-26-12-10-22/h14,16,21H,2-12H2,1H3,(H,20,24)/b15-14-. The van der Waals surface area contributed by atoms with E-state index < -0.39 is 0 Å². The van der Waals surface area contributed by atoms with Crippen molar-refractivity contribution < 1.29 is 19.1 Å². The smallest absolute Gasteiger partial charge is 0.409 e. The number of piperidine rings is 1. The van der Waals surface area contributed by atoms with Crippen molar-refractivity contribution in [3.63, 3.8) is 0 Å². The quantitative estimate of drug-likeness (QED) is 0.475. The second-order valence-corrected chi connectivity index (χ2v) is 6.51. The number of nitriles is 1. The molecule has 2 aliphatic rings. The van der Waals surface area contributed by atoms with Crippen LogP contribution in [0.1, 0.15) is 19.8 Å². The molecule has 9 heteroatoms. The third-order valence-corrected chi connectivity index (χ3v) is 4.67. The summed E-state index contributed by atoms with van der Waals surface area (Å²) in [7, 11) is 0. The van der Waals surface area contributed by atoms with E-state index in [0.717, 1.165) is 45.7 Å². The molecular formula is C18H29N5O4. The van der Waals surface area contributed by atoms with Gasteiger partial charge < -0.3 is 25.0 Å². The fourth-order valence-corrected chi connectivity index (χ4v) is 3.04. The van der Waals surface area contributed by atoms with Gasteiger partial charge in [-0.3, -0.25) is 9.69 Å². The van der Waals surface area contributed by atoms with Gasteiger partial charge in [0, 0.05) is 51.5 Å². The molecule has 0 saturated carbocycles. The average molecular weight is 379 g/mol. The van der Waals surface area contributed by atoms with Gasteiger partial charge in [0.15, 0.2) is 0 Å². The Bertz CT molecular complexity index is 561. The third kappa shape index (κ3) is 7.07. The Labute approximate surface area is 160 Å². The maximum absolute atomic E-state index is 12.1. The molecule has 0 bridgehead atoms. The summed E-state index contributed by atoms with van der Waals surface area (Å²) in [5, 5.41) is 15.1. The van der Waals surface area contributed by atoms with Crippen LogP contribution in [-0.4, -0.2) is 86.9 Å². The van der Waals surface area contributed by atoms with E-state index in [4.69, 9.17) is 9.47 Å². The van der Waals surface area contributed by atoms with E-state index in [0.29, 0.717) is 26.2 Å². The fourth-order valence-electron chi connectivity index (χ4n) is 3.04. The molecule has 0 spiro atoms. The largest absolute Gasteiger partial charge is 0.450 e. The number of amides is 2. The number of hydrogen-bond donors (Lipinski definition) is 2. The normalized spacial score (nSPS) is 19.3. The van der Waals surface area contributed by atoms with Crippen molar-refractivity contribution >= 4 is 12.0 Å². The summed E-state index contributed by atoms with van der Waals surface area (Å²) in [5.41, 5.74) is 0.0600. The first-order chi connectivity index (χ1) is 13.1. The van der Waals surface area contributed by atoms with Gasteiger partial charge in [-0.15, -0.1) is 0 Å². The van der Waals surface area contributed by atoms with Crippen LogP contribution in [-0.2, 0) is 14.3 Å². The van der Waals surface area contributed by atoms with Crippen molar-refractivity contribution in [3.8, 4) is 6.07 Å². The van der Waals surface area contributed by atoms with E-state index in [2.05, 4.69) is 15.5 Å². The van der Waals surface area contributed by atoms with Crippen LogP contribution in [0.4, 0.5) is 4.79 Å². The lowest BCUT2D eigenvalue weighted by molar-refractivity contribution is -0.117. The van der Waals surface area contributed by atoms with E-state index in [1.54, 1.807) is 11.8 Å². The van der Waals surface area contributed by atoms with Gasteiger partial charge in [0.1, 0.15) is 11.6 Å². The molecule has 0 aromatic carbocycles. The highest BCUT2D eigenvalue weighted by atomic mass is 16.6. The molecule has 9 nitrogen and oxygen atoms in total. The summed E-state index contributed by atoms with van der Waals surface area (Å²) >= 11 is 0. The molecule has 2 aliphatic heterocycles. The summed E-state index contributed by atoms with van der Waals surface area (Å²) in [6.45, 7) is 7.75. The zero-order valence-corrected chi connectivity index (χ0v) is 15.9. The highest BCUT2D eigenvalue weighted by molar-refractivity contribution is 5.97. The summed E-state index contributed by atoms with van der Waals surface area (Å²) in [6, 6.07) is 2.07. The highest BCUT2D eigenvalue weighted by Crippen LogP contribution is 2.11. The van der Waals surface area contributed by atoms with Crippen LogP contribution >= 0.6 is 0 Å². The first-order valence-corrected chi connectivity index (χ1v) is 9.50. The second-order valence-electron chi connectivity index (χ2n) is 6.51. The summed E-state index contributed by atoms with van der Waals surface area (Å²) < 4.78 is 10.3. The molecule has 0 aromatic heterocycles. The van der Waals surface area contributed by atoms with Gasteiger partial charge in [0.25, 0.3) is 5.91 Å². The van der Waals surface area contributed by atoms with Crippen molar-refractivity contribution in [3.05, 3.63) is 11.8 Å². The monoisotopic (exact) mass is 379 g/mol.